The lowest BCUT2D eigenvalue weighted by atomic mass is 9.87. The minimum atomic E-state index is -0.424. The molecule has 0 unspecified atom stereocenters. The van der Waals surface area contributed by atoms with E-state index >= 15 is 0 Å². The van der Waals surface area contributed by atoms with Gasteiger partial charge in [0.1, 0.15) is 5.84 Å². The highest BCUT2D eigenvalue weighted by Gasteiger charge is 2.12. The van der Waals surface area contributed by atoms with Crippen molar-refractivity contribution in [3.8, 4) is 0 Å². The van der Waals surface area contributed by atoms with Gasteiger partial charge in [0.05, 0.1) is 0 Å². The molecule has 0 radical (unpaired) electrons. The second-order valence-electron chi connectivity index (χ2n) is 6.26. The average molecular weight is 291 g/mol. The summed E-state index contributed by atoms with van der Waals surface area (Å²) in [4.78, 5) is 15.6. The van der Waals surface area contributed by atoms with Crippen LogP contribution < -0.4 is 11.1 Å². The molecule has 1 rings (SSSR count). The lowest BCUT2D eigenvalue weighted by Crippen LogP contribution is -2.23. The fourth-order valence-corrected chi connectivity index (χ4v) is 1.63. The molecule has 0 saturated carbocycles. The molecular weight excluding hydrogens is 262 g/mol. The van der Waals surface area contributed by atoms with Crippen molar-refractivity contribution in [2.45, 2.75) is 41.2 Å². The first-order valence-electron chi connectivity index (χ1n) is 7.05. The van der Waals surface area contributed by atoms with Crippen LogP contribution in [0.4, 0.5) is 4.79 Å². The Morgan fingerprint density at radius 1 is 1.43 bits per heavy atom. The third-order valence-corrected chi connectivity index (χ3v) is 3.30. The minimum absolute atomic E-state index is 0. The van der Waals surface area contributed by atoms with E-state index in [-0.39, 0.29) is 14.1 Å². The van der Waals surface area contributed by atoms with Gasteiger partial charge in [-0.05, 0) is 30.9 Å². The Hall–Kier alpha value is -2.10. The topological polar surface area (TPSA) is 67.5 Å². The van der Waals surface area contributed by atoms with E-state index in [1.807, 2.05) is 38.1 Å². The number of aliphatic imine (C=N–C) groups is 1. The lowest BCUT2D eigenvalue weighted by Gasteiger charge is -2.19. The maximum absolute atomic E-state index is 11.7. The van der Waals surface area contributed by atoms with Crippen molar-refractivity contribution < 1.29 is 7.65 Å². The Balaban J connectivity index is 0. The minimum Gasteiger partial charge on any atom is -0.384 e. The van der Waals surface area contributed by atoms with Crippen molar-refractivity contribution >= 4 is 11.9 Å². The predicted octanol–water partition coefficient (Wildman–Crippen LogP) is 4.05. The van der Waals surface area contributed by atoms with Crippen LogP contribution in [0.2, 0.25) is 0 Å². The van der Waals surface area contributed by atoms with Crippen molar-refractivity contribution in [3.05, 3.63) is 47.0 Å². The third kappa shape index (κ3) is 6.25. The van der Waals surface area contributed by atoms with E-state index in [0.29, 0.717) is 6.54 Å². The molecule has 0 atom stereocenters. The van der Waals surface area contributed by atoms with Crippen LogP contribution in [-0.4, -0.2) is 11.9 Å². The standard InChI is InChI=1S/C17H25N3O.2H2/c1-12-7-6-8-14(9-12)11-19-16(21)20-15(18)10-13(2)17(3,4)5;;/h6-10H,11H2,1-5H3,(H3,18,19,20,21);2*1H/b13-10+;;. The third-order valence-electron chi connectivity index (χ3n) is 3.30. The van der Waals surface area contributed by atoms with E-state index in [2.05, 4.69) is 31.1 Å². The maximum atomic E-state index is 11.7. The van der Waals surface area contributed by atoms with Gasteiger partial charge in [-0.2, -0.15) is 4.99 Å². The summed E-state index contributed by atoms with van der Waals surface area (Å²) in [7, 11) is 0. The Labute approximate surface area is 130 Å². The molecule has 0 fully saturated rings. The monoisotopic (exact) mass is 291 g/mol. The van der Waals surface area contributed by atoms with Crippen molar-refractivity contribution in [2.75, 3.05) is 0 Å². The van der Waals surface area contributed by atoms with E-state index in [4.69, 9.17) is 5.73 Å². The number of nitrogens with one attached hydrogen (secondary N) is 1. The molecule has 0 bridgehead atoms. The highest BCUT2D eigenvalue weighted by atomic mass is 16.2. The number of amides is 2. The smallest absolute Gasteiger partial charge is 0.343 e. The van der Waals surface area contributed by atoms with Crippen molar-refractivity contribution in [1.29, 1.82) is 0 Å². The van der Waals surface area contributed by atoms with Crippen molar-refractivity contribution in [1.82, 2.24) is 5.32 Å². The fourth-order valence-electron chi connectivity index (χ4n) is 1.63. The van der Waals surface area contributed by atoms with Crippen LogP contribution in [0, 0.1) is 12.3 Å². The van der Waals surface area contributed by atoms with Crippen LogP contribution >= 0.6 is 0 Å². The zero-order chi connectivity index (χ0) is 16.0. The van der Waals surface area contributed by atoms with Crippen molar-refractivity contribution in [3.63, 3.8) is 0 Å². The highest BCUT2D eigenvalue weighted by Crippen LogP contribution is 2.23. The summed E-state index contributed by atoms with van der Waals surface area (Å²) in [5.74, 6) is 0.226. The number of hydrogen-bond acceptors (Lipinski definition) is 1. The number of benzene rings is 1. The van der Waals surface area contributed by atoms with Gasteiger partial charge in [0, 0.05) is 9.40 Å². The number of urea groups is 1. The summed E-state index contributed by atoms with van der Waals surface area (Å²) in [6.07, 6.45) is 1.74. The maximum Gasteiger partial charge on any atom is 0.343 e. The summed E-state index contributed by atoms with van der Waals surface area (Å²) in [5, 5.41) is 2.73. The molecule has 0 heterocycles. The molecule has 0 aliphatic carbocycles. The van der Waals surface area contributed by atoms with E-state index in [1.54, 1.807) is 6.08 Å². The lowest BCUT2D eigenvalue weighted by molar-refractivity contribution is 0.249. The van der Waals surface area contributed by atoms with E-state index in [0.717, 1.165) is 16.7 Å². The van der Waals surface area contributed by atoms with Gasteiger partial charge in [0.25, 0.3) is 0 Å². The molecule has 0 aromatic heterocycles. The summed E-state index contributed by atoms with van der Waals surface area (Å²) in [5.41, 5.74) is 9.07. The van der Waals surface area contributed by atoms with Crippen molar-refractivity contribution in [2.24, 2.45) is 16.1 Å². The fraction of sp³-hybridized carbons (Fsp3) is 0.412. The first kappa shape index (κ1) is 17.0. The van der Waals surface area contributed by atoms with Gasteiger partial charge in [-0.1, -0.05) is 56.2 Å². The van der Waals surface area contributed by atoms with Crippen LogP contribution in [0.15, 0.2) is 40.9 Å². The van der Waals surface area contributed by atoms with Gasteiger partial charge in [-0.3, -0.25) is 0 Å². The molecule has 118 valence electrons. The molecule has 0 saturated heterocycles. The number of nitrogens with zero attached hydrogens (tertiary/aromatic N) is 1. The Kier molecular flexibility index (Phi) is 5.70. The Morgan fingerprint density at radius 3 is 2.67 bits per heavy atom. The SMILES string of the molecule is C/C(=C\C(N)=N/C(=O)NCc1cccc(C)c1)C(C)(C)C.[HH].[HH]. The van der Waals surface area contributed by atoms with Crippen LogP contribution in [0.25, 0.3) is 0 Å². The molecule has 0 spiro atoms. The van der Waals surface area contributed by atoms with E-state index in [9.17, 15) is 4.79 Å². The number of allylic oxidation sites excluding steroid dienone is 1. The zero-order valence-corrected chi connectivity index (χ0v) is 13.5. The molecule has 1 aromatic carbocycles. The largest absolute Gasteiger partial charge is 0.384 e. The Morgan fingerprint density at radius 2 is 2.10 bits per heavy atom. The van der Waals surface area contributed by atoms with Crippen LogP contribution in [0.3, 0.4) is 0 Å². The molecule has 4 nitrogen and oxygen atoms in total. The summed E-state index contributed by atoms with van der Waals surface area (Å²) < 4.78 is 0. The number of nitrogens with two attached hydrogens (primary N) is 1. The van der Waals surface area contributed by atoms with Gasteiger partial charge in [0.15, 0.2) is 0 Å². The van der Waals surface area contributed by atoms with Crippen LogP contribution in [0.1, 0.15) is 41.7 Å². The number of hydrogen-bond donors (Lipinski definition) is 2. The highest BCUT2D eigenvalue weighted by molar-refractivity contribution is 5.99. The quantitative estimate of drug-likeness (QED) is 0.651. The molecule has 0 aliphatic heterocycles. The number of carbonyl (C=O) groups excluding carboxylic acids is 1. The number of amidine groups is 1. The summed E-state index contributed by atoms with van der Waals surface area (Å²) >= 11 is 0. The number of carbonyl (C=O) groups is 1. The second kappa shape index (κ2) is 7.07. The molecule has 1 aromatic rings. The normalized spacial score (nSPS) is 13.2. The molecule has 2 amide bonds. The predicted molar refractivity (Wildman–Crippen MR) is 92.5 cm³/mol. The van der Waals surface area contributed by atoms with Gasteiger partial charge < -0.3 is 11.1 Å². The molecular formula is C17H29N3O. The number of aryl methyl sites for hydroxylation is 1. The molecule has 0 aliphatic rings. The van der Waals surface area contributed by atoms with Gasteiger partial charge in [0.2, 0.25) is 0 Å². The molecule has 4 heteroatoms. The summed E-state index contributed by atoms with van der Waals surface area (Å²) in [6, 6.07) is 7.54. The van der Waals surface area contributed by atoms with E-state index < -0.39 is 6.03 Å². The van der Waals surface area contributed by atoms with Crippen LogP contribution in [0.5, 0.6) is 0 Å². The first-order valence-corrected chi connectivity index (χ1v) is 7.05. The molecule has 3 N–H and O–H groups in total. The summed E-state index contributed by atoms with van der Waals surface area (Å²) in [6.45, 7) is 10.7. The number of rotatable bonds is 3. The zero-order valence-electron chi connectivity index (χ0n) is 13.5. The van der Waals surface area contributed by atoms with Gasteiger partial charge in [-0.25, -0.2) is 4.79 Å². The average Bonchev–Trinajstić information content (AvgIpc) is 2.35. The van der Waals surface area contributed by atoms with E-state index in [1.165, 1.54) is 0 Å². The Bertz CT molecular complexity index is 575. The van der Waals surface area contributed by atoms with Gasteiger partial charge in [-0.15, -0.1) is 0 Å². The van der Waals surface area contributed by atoms with Crippen LogP contribution in [-0.2, 0) is 6.54 Å². The molecule has 21 heavy (non-hydrogen) atoms. The second-order valence-corrected chi connectivity index (χ2v) is 6.26. The first-order chi connectivity index (χ1) is 9.68. The van der Waals surface area contributed by atoms with Gasteiger partial charge >= 0.3 is 6.03 Å².